The fourth-order valence-electron chi connectivity index (χ4n) is 2.26. The lowest BCUT2D eigenvalue weighted by atomic mass is 10.1. The Balaban J connectivity index is 1.91. The summed E-state index contributed by atoms with van der Waals surface area (Å²) in [6.07, 6.45) is 0. The van der Waals surface area contributed by atoms with Gasteiger partial charge in [-0.1, -0.05) is 24.3 Å². The molecule has 22 heavy (non-hydrogen) atoms. The Kier molecular flexibility index (Phi) is 3.67. The maximum atomic E-state index is 8.84. The molecule has 0 radical (unpaired) electrons. The monoisotopic (exact) mass is 289 g/mol. The number of rotatable bonds is 3. The van der Waals surface area contributed by atoms with Crippen LogP contribution in [-0.2, 0) is 6.54 Å². The molecule has 0 atom stereocenters. The number of nitriles is 1. The third kappa shape index (κ3) is 2.72. The number of nitrogens with zero attached hydrogens (tertiary/aromatic N) is 5. The predicted molar refractivity (Wildman–Crippen MR) is 83.0 cm³/mol. The van der Waals surface area contributed by atoms with Crippen molar-refractivity contribution < 1.29 is 0 Å². The van der Waals surface area contributed by atoms with Gasteiger partial charge in [0, 0.05) is 5.56 Å². The molecule has 0 saturated heterocycles. The van der Waals surface area contributed by atoms with Crippen LogP contribution in [0, 0.1) is 25.2 Å². The molecule has 2 aromatic carbocycles. The molecule has 1 aromatic heterocycles. The molecule has 1 heterocycles. The lowest BCUT2D eigenvalue weighted by Gasteiger charge is -2.07. The molecule has 3 aromatic rings. The van der Waals surface area contributed by atoms with Crippen LogP contribution in [0.25, 0.3) is 11.4 Å². The van der Waals surface area contributed by atoms with Gasteiger partial charge >= 0.3 is 0 Å². The van der Waals surface area contributed by atoms with Crippen molar-refractivity contribution in [3.8, 4) is 17.5 Å². The zero-order chi connectivity index (χ0) is 15.5. The van der Waals surface area contributed by atoms with Crippen molar-refractivity contribution in [3.05, 3.63) is 64.7 Å². The predicted octanol–water partition coefficient (Wildman–Crippen LogP) is 2.88. The maximum Gasteiger partial charge on any atom is 0.182 e. The van der Waals surface area contributed by atoms with Crippen LogP contribution < -0.4 is 0 Å². The third-order valence-corrected chi connectivity index (χ3v) is 3.71. The van der Waals surface area contributed by atoms with Gasteiger partial charge in [0.25, 0.3) is 0 Å². The molecule has 5 heteroatoms. The molecule has 0 N–H and O–H groups in total. The first kappa shape index (κ1) is 14.0. The summed E-state index contributed by atoms with van der Waals surface area (Å²) >= 11 is 0. The van der Waals surface area contributed by atoms with Crippen LogP contribution in [0.5, 0.6) is 0 Å². The first-order valence-electron chi connectivity index (χ1n) is 7.00. The number of tetrazole rings is 1. The fourth-order valence-corrected chi connectivity index (χ4v) is 2.26. The van der Waals surface area contributed by atoms with Gasteiger partial charge in [-0.15, -0.1) is 5.10 Å². The van der Waals surface area contributed by atoms with E-state index in [-0.39, 0.29) is 0 Å². The summed E-state index contributed by atoms with van der Waals surface area (Å²) in [5.41, 5.74) is 5.16. The standard InChI is InChI=1S/C17H15N5/c1-12-3-8-16(9-13(12)2)17-19-20-21-22(17)11-15-6-4-14(10-18)5-7-15/h3-9H,11H2,1-2H3. The second-order valence-corrected chi connectivity index (χ2v) is 5.27. The summed E-state index contributed by atoms with van der Waals surface area (Å²) in [4.78, 5) is 0. The van der Waals surface area contributed by atoms with Crippen molar-refractivity contribution >= 4 is 0 Å². The highest BCUT2D eigenvalue weighted by Crippen LogP contribution is 2.20. The molecule has 3 rings (SSSR count). The highest BCUT2D eigenvalue weighted by atomic mass is 15.5. The van der Waals surface area contributed by atoms with Gasteiger partial charge in [-0.25, -0.2) is 4.68 Å². The van der Waals surface area contributed by atoms with Crippen LogP contribution in [0.1, 0.15) is 22.3 Å². The quantitative estimate of drug-likeness (QED) is 0.743. The largest absolute Gasteiger partial charge is 0.221 e. The van der Waals surface area contributed by atoms with Crippen LogP contribution in [-0.4, -0.2) is 20.2 Å². The summed E-state index contributed by atoms with van der Waals surface area (Å²) in [6, 6.07) is 15.8. The molecular formula is C17H15N5. The Morgan fingerprint density at radius 1 is 1.05 bits per heavy atom. The van der Waals surface area contributed by atoms with E-state index in [1.165, 1.54) is 11.1 Å². The van der Waals surface area contributed by atoms with E-state index in [1.54, 1.807) is 16.8 Å². The molecular weight excluding hydrogens is 274 g/mol. The van der Waals surface area contributed by atoms with E-state index in [0.29, 0.717) is 12.1 Å². The maximum absolute atomic E-state index is 8.84. The minimum atomic E-state index is 0.570. The van der Waals surface area contributed by atoms with Crippen molar-refractivity contribution in [2.24, 2.45) is 0 Å². The molecule has 0 fully saturated rings. The molecule has 0 aliphatic heterocycles. The highest BCUT2D eigenvalue weighted by molar-refractivity contribution is 5.57. The summed E-state index contributed by atoms with van der Waals surface area (Å²) < 4.78 is 1.77. The van der Waals surface area contributed by atoms with E-state index >= 15 is 0 Å². The van der Waals surface area contributed by atoms with Crippen LogP contribution in [0.4, 0.5) is 0 Å². The van der Waals surface area contributed by atoms with Crippen LogP contribution in [0.2, 0.25) is 0 Å². The van der Waals surface area contributed by atoms with Gasteiger partial charge in [0.2, 0.25) is 0 Å². The molecule has 0 bridgehead atoms. The Morgan fingerprint density at radius 2 is 1.82 bits per heavy atom. The lowest BCUT2D eigenvalue weighted by molar-refractivity contribution is 0.653. The van der Waals surface area contributed by atoms with E-state index in [9.17, 15) is 0 Å². The number of benzene rings is 2. The average molecular weight is 289 g/mol. The van der Waals surface area contributed by atoms with Crippen molar-refractivity contribution in [1.29, 1.82) is 5.26 Å². The van der Waals surface area contributed by atoms with E-state index in [1.807, 2.05) is 18.2 Å². The number of aryl methyl sites for hydroxylation is 2. The van der Waals surface area contributed by atoms with Crippen molar-refractivity contribution in [2.75, 3.05) is 0 Å². The van der Waals surface area contributed by atoms with Crippen LogP contribution >= 0.6 is 0 Å². The third-order valence-electron chi connectivity index (χ3n) is 3.71. The molecule has 108 valence electrons. The van der Waals surface area contributed by atoms with Gasteiger partial charge in [-0.2, -0.15) is 5.26 Å². The smallest absolute Gasteiger partial charge is 0.182 e. The normalized spacial score (nSPS) is 10.4. The zero-order valence-electron chi connectivity index (χ0n) is 12.5. The fraction of sp³-hybridized carbons (Fsp3) is 0.176. The number of aromatic nitrogens is 4. The minimum Gasteiger partial charge on any atom is -0.221 e. The summed E-state index contributed by atoms with van der Waals surface area (Å²) in [7, 11) is 0. The molecule has 0 amide bonds. The van der Waals surface area contributed by atoms with E-state index < -0.39 is 0 Å². The van der Waals surface area contributed by atoms with Gasteiger partial charge in [-0.3, -0.25) is 0 Å². The Morgan fingerprint density at radius 3 is 2.50 bits per heavy atom. The first-order chi connectivity index (χ1) is 10.7. The van der Waals surface area contributed by atoms with Crippen molar-refractivity contribution in [3.63, 3.8) is 0 Å². The van der Waals surface area contributed by atoms with Gasteiger partial charge < -0.3 is 0 Å². The topological polar surface area (TPSA) is 67.4 Å². The van der Waals surface area contributed by atoms with E-state index in [2.05, 4.69) is 47.6 Å². The summed E-state index contributed by atoms with van der Waals surface area (Å²) in [5, 5.41) is 20.8. The molecule has 5 nitrogen and oxygen atoms in total. The van der Waals surface area contributed by atoms with Gasteiger partial charge in [0.15, 0.2) is 5.82 Å². The number of hydrogen-bond acceptors (Lipinski definition) is 4. The zero-order valence-corrected chi connectivity index (χ0v) is 12.5. The Labute approximate surface area is 128 Å². The van der Waals surface area contributed by atoms with Crippen LogP contribution in [0.3, 0.4) is 0 Å². The number of hydrogen-bond donors (Lipinski definition) is 0. The van der Waals surface area contributed by atoms with Gasteiger partial charge in [0.05, 0.1) is 18.2 Å². The second kappa shape index (κ2) is 5.78. The minimum absolute atomic E-state index is 0.570. The summed E-state index contributed by atoms with van der Waals surface area (Å²) in [5.74, 6) is 0.743. The SMILES string of the molecule is Cc1ccc(-c2nnnn2Cc2ccc(C#N)cc2)cc1C. The molecule has 0 saturated carbocycles. The molecule has 0 aliphatic carbocycles. The Hall–Kier alpha value is -3.00. The average Bonchev–Trinajstić information content (AvgIpc) is 2.99. The van der Waals surface area contributed by atoms with Crippen molar-refractivity contribution in [2.45, 2.75) is 20.4 Å². The van der Waals surface area contributed by atoms with Gasteiger partial charge in [0.1, 0.15) is 0 Å². The van der Waals surface area contributed by atoms with E-state index in [4.69, 9.17) is 5.26 Å². The first-order valence-corrected chi connectivity index (χ1v) is 7.00. The molecule has 0 unspecified atom stereocenters. The molecule has 0 spiro atoms. The van der Waals surface area contributed by atoms with E-state index in [0.717, 1.165) is 17.0 Å². The second-order valence-electron chi connectivity index (χ2n) is 5.27. The Bertz CT molecular complexity index is 840. The molecule has 0 aliphatic rings. The van der Waals surface area contributed by atoms with Gasteiger partial charge in [-0.05, 0) is 59.2 Å². The van der Waals surface area contributed by atoms with Crippen molar-refractivity contribution in [1.82, 2.24) is 20.2 Å². The lowest BCUT2D eigenvalue weighted by Crippen LogP contribution is -2.04. The highest BCUT2D eigenvalue weighted by Gasteiger charge is 2.10. The summed E-state index contributed by atoms with van der Waals surface area (Å²) in [6.45, 7) is 4.73. The van der Waals surface area contributed by atoms with Crippen LogP contribution in [0.15, 0.2) is 42.5 Å².